The fourth-order valence-electron chi connectivity index (χ4n) is 3.14. The molecule has 0 fully saturated rings. The summed E-state index contributed by atoms with van der Waals surface area (Å²) in [7, 11) is 1.71. The van der Waals surface area contributed by atoms with Crippen LogP contribution in [0, 0.1) is 0 Å². The normalized spacial score (nSPS) is 10.8. The van der Waals surface area contributed by atoms with Gasteiger partial charge in [0.05, 0.1) is 17.3 Å². The molecule has 0 aliphatic rings. The van der Waals surface area contributed by atoms with Gasteiger partial charge < -0.3 is 24.7 Å². The fourth-order valence-corrected chi connectivity index (χ4v) is 3.43. The summed E-state index contributed by atoms with van der Waals surface area (Å²) in [6, 6.07) is 13.7. The molecule has 32 heavy (non-hydrogen) atoms. The lowest BCUT2D eigenvalue weighted by Gasteiger charge is -2.22. The van der Waals surface area contributed by atoms with Crippen molar-refractivity contribution in [2.75, 3.05) is 42.3 Å². The molecule has 0 radical (unpaired) electrons. The molecule has 0 spiro atoms. The Bertz CT molecular complexity index is 1130. The van der Waals surface area contributed by atoms with E-state index in [1.165, 1.54) is 0 Å². The van der Waals surface area contributed by atoms with Gasteiger partial charge in [0.1, 0.15) is 5.69 Å². The molecule has 0 saturated carbocycles. The van der Waals surface area contributed by atoms with Crippen molar-refractivity contribution in [1.82, 2.24) is 20.2 Å². The van der Waals surface area contributed by atoms with E-state index < -0.39 is 0 Å². The summed E-state index contributed by atoms with van der Waals surface area (Å²) in [5.74, 6) is 2.38. The summed E-state index contributed by atoms with van der Waals surface area (Å²) < 4.78 is 11.3. The van der Waals surface area contributed by atoms with Crippen molar-refractivity contribution in [2.24, 2.45) is 0 Å². The van der Waals surface area contributed by atoms with E-state index in [9.17, 15) is 0 Å². The van der Waals surface area contributed by atoms with Gasteiger partial charge in [-0.25, -0.2) is 4.98 Å². The van der Waals surface area contributed by atoms with Gasteiger partial charge >= 0.3 is 0 Å². The van der Waals surface area contributed by atoms with Crippen molar-refractivity contribution in [3.8, 4) is 11.5 Å². The fraction of sp³-hybridized carbons (Fsp3) is 0.227. The molecule has 1 aromatic carbocycles. The molecule has 166 valence electrons. The molecule has 0 bridgehead atoms. The molecule has 9 nitrogen and oxygen atoms in total. The number of aromatic amines is 1. The van der Waals surface area contributed by atoms with E-state index >= 15 is 0 Å². The zero-order chi connectivity index (χ0) is 22.3. The Morgan fingerprint density at radius 3 is 2.75 bits per heavy atom. The SMILES string of the molecule is CCN(CCOC)c1ccc(Nc2ncc(Br)c(Nc3cc(-c4ccco4)[nH]n3)n2)cc1. The predicted molar refractivity (Wildman–Crippen MR) is 129 cm³/mol. The summed E-state index contributed by atoms with van der Waals surface area (Å²) in [6.07, 6.45) is 3.31. The van der Waals surface area contributed by atoms with E-state index in [1.54, 1.807) is 19.6 Å². The highest BCUT2D eigenvalue weighted by molar-refractivity contribution is 9.10. The Balaban J connectivity index is 1.45. The monoisotopic (exact) mass is 497 g/mol. The first-order chi connectivity index (χ1) is 15.7. The third kappa shape index (κ3) is 5.27. The molecular weight excluding hydrogens is 474 g/mol. The molecule has 3 aromatic heterocycles. The number of rotatable bonds is 10. The Kier molecular flexibility index (Phi) is 7.03. The predicted octanol–water partition coefficient (Wildman–Crippen LogP) is 5.18. The number of methoxy groups -OCH3 is 1. The van der Waals surface area contributed by atoms with Crippen LogP contribution in [0.4, 0.5) is 29.0 Å². The van der Waals surface area contributed by atoms with Gasteiger partial charge in [0, 0.05) is 43.8 Å². The minimum Gasteiger partial charge on any atom is -0.463 e. The van der Waals surface area contributed by atoms with Crippen molar-refractivity contribution in [3.05, 3.63) is 59.4 Å². The second kappa shape index (κ2) is 10.3. The minimum atomic E-state index is 0.469. The number of nitrogens with zero attached hydrogens (tertiary/aromatic N) is 4. The Morgan fingerprint density at radius 1 is 1.19 bits per heavy atom. The quantitative estimate of drug-likeness (QED) is 0.275. The number of benzene rings is 1. The van der Waals surface area contributed by atoms with Crippen molar-refractivity contribution in [3.63, 3.8) is 0 Å². The Labute approximate surface area is 194 Å². The zero-order valence-electron chi connectivity index (χ0n) is 17.8. The highest BCUT2D eigenvalue weighted by Gasteiger charge is 2.11. The maximum atomic E-state index is 5.39. The summed E-state index contributed by atoms with van der Waals surface area (Å²) in [5.41, 5.74) is 2.80. The molecule has 3 heterocycles. The van der Waals surface area contributed by atoms with Crippen LogP contribution in [0.3, 0.4) is 0 Å². The van der Waals surface area contributed by atoms with Gasteiger partial charge in [0.2, 0.25) is 5.95 Å². The van der Waals surface area contributed by atoms with Gasteiger partial charge in [0.15, 0.2) is 17.4 Å². The summed E-state index contributed by atoms with van der Waals surface area (Å²) in [6.45, 7) is 4.58. The van der Waals surface area contributed by atoms with Crippen LogP contribution in [0.1, 0.15) is 6.92 Å². The molecule has 0 aliphatic carbocycles. The first-order valence-corrected chi connectivity index (χ1v) is 11.0. The number of aromatic nitrogens is 4. The smallest absolute Gasteiger partial charge is 0.229 e. The van der Waals surface area contributed by atoms with Crippen molar-refractivity contribution in [1.29, 1.82) is 0 Å². The minimum absolute atomic E-state index is 0.469. The van der Waals surface area contributed by atoms with E-state index in [0.29, 0.717) is 30.0 Å². The number of ether oxygens (including phenoxy) is 1. The molecular formula is C22H24BrN7O2. The van der Waals surface area contributed by atoms with E-state index in [4.69, 9.17) is 9.15 Å². The number of nitrogens with one attached hydrogen (secondary N) is 3. The number of halogens is 1. The summed E-state index contributed by atoms with van der Waals surface area (Å²) >= 11 is 3.49. The number of hydrogen-bond acceptors (Lipinski definition) is 8. The molecule has 4 rings (SSSR count). The average molecular weight is 498 g/mol. The Hall–Kier alpha value is -3.37. The largest absolute Gasteiger partial charge is 0.463 e. The van der Waals surface area contributed by atoms with Crippen LogP contribution < -0.4 is 15.5 Å². The van der Waals surface area contributed by atoms with Crippen LogP contribution in [-0.2, 0) is 4.74 Å². The van der Waals surface area contributed by atoms with Crippen LogP contribution in [-0.4, -0.2) is 47.0 Å². The van der Waals surface area contributed by atoms with Gasteiger partial charge in [-0.15, -0.1) is 0 Å². The maximum absolute atomic E-state index is 5.39. The second-order valence-electron chi connectivity index (χ2n) is 6.90. The first kappa shape index (κ1) is 21.8. The lowest BCUT2D eigenvalue weighted by molar-refractivity contribution is 0.205. The van der Waals surface area contributed by atoms with Crippen LogP contribution in [0.5, 0.6) is 0 Å². The molecule has 10 heteroatoms. The van der Waals surface area contributed by atoms with E-state index in [2.05, 4.69) is 70.7 Å². The number of H-pyrrole nitrogens is 1. The first-order valence-electron chi connectivity index (χ1n) is 10.2. The second-order valence-corrected chi connectivity index (χ2v) is 7.76. The van der Waals surface area contributed by atoms with Crippen molar-refractivity contribution in [2.45, 2.75) is 6.92 Å². The lowest BCUT2D eigenvalue weighted by atomic mass is 10.2. The third-order valence-corrected chi connectivity index (χ3v) is 5.37. The summed E-state index contributed by atoms with van der Waals surface area (Å²) in [4.78, 5) is 11.2. The van der Waals surface area contributed by atoms with Crippen LogP contribution in [0.2, 0.25) is 0 Å². The molecule has 0 unspecified atom stereocenters. The lowest BCUT2D eigenvalue weighted by Crippen LogP contribution is -2.26. The molecule has 0 amide bonds. The van der Waals surface area contributed by atoms with Gasteiger partial charge in [-0.2, -0.15) is 10.1 Å². The summed E-state index contributed by atoms with van der Waals surface area (Å²) in [5, 5.41) is 13.6. The number of anilines is 5. The van der Waals surface area contributed by atoms with Crippen molar-refractivity contribution >= 4 is 44.9 Å². The van der Waals surface area contributed by atoms with E-state index in [0.717, 1.165) is 34.6 Å². The van der Waals surface area contributed by atoms with Gasteiger partial charge in [-0.1, -0.05) is 0 Å². The van der Waals surface area contributed by atoms with E-state index in [-0.39, 0.29) is 0 Å². The highest BCUT2D eigenvalue weighted by atomic mass is 79.9. The van der Waals surface area contributed by atoms with Crippen LogP contribution in [0.15, 0.2) is 63.8 Å². The molecule has 0 saturated heterocycles. The number of likely N-dealkylation sites (N-methyl/N-ethyl adjacent to an activating group) is 1. The van der Waals surface area contributed by atoms with E-state index in [1.807, 2.05) is 30.3 Å². The number of hydrogen-bond donors (Lipinski definition) is 3. The zero-order valence-corrected chi connectivity index (χ0v) is 19.4. The molecule has 0 aliphatic heterocycles. The van der Waals surface area contributed by atoms with Gasteiger partial charge in [-0.3, -0.25) is 5.10 Å². The average Bonchev–Trinajstić information content (AvgIpc) is 3.50. The molecule has 3 N–H and O–H groups in total. The highest BCUT2D eigenvalue weighted by Crippen LogP contribution is 2.27. The Morgan fingerprint density at radius 2 is 2.03 bits per heavy atom. The van der Waals surface area contributed by atoms with Crippen LogP contribution in [0.25, 0.3) is 11.5 Å². The van der Waals surface area contributed by atoms with Crippen molar-refractivity contribution < 1.29 is 9.15 Å². The number of furan rings is 1. The molecule has 0 atom stereocenters. The van der Waals surface area contributed by atoms with Gasteiger partial charge in [0.25, 0.3) is 0 Å². The standard InChI is InChI=1S/C22H24BrN7O2/c1-3-30(10-12-31-2)16-8-6-15(7-9-16)25-22-24-14-17(23)21(27-22)26-20-13-18(28-29-20)19-5-4-11-32-19/h4-9,11,13-14H,3,10,12H2,1-2H3,(H3,24,25,26,27,28,29). The molecule has 4 aromatic rings. The van der Waals surface area contributed by atoms with Gasteiger partial charge in [-0.05, 0) is 59.3 Å². The van der Waals surface area contributed by atoms with Crippen LogP contribution >= 0.6 is 15.9 Å². The third-order valence-electron chi connectivity index (χ3n) is 4.79. The maximum Gasteiger partial charge on any atom is 0.229 e. The topological polar surface area (TPSA) is 104 Å².